The van der Waals surface area contributed by atoms with Crippen LogP contribution in [0.2, 0.25) is 0 Å². The Bertz CT molecular complexity index is 799. The summed E-state index contributed by atoms with van der Waals surface area (Å²) in [6.45, 7) is 2.88. The van der Waals surface area contributed by atoms with Crippen molar-refractivity contribution in [3.05, 3.63) is 47.5 Å². The van der Waals surface area contributed by atoms with Crippen LogP contribution in [-0.4, -0.2) is 41.6 Å². The van der Waals surface area contributed by atoms with Crippen molar-refractivity contribution < 1.29 is 0 Å². The van der Waals surface area contributed by atoms with Gasteiger partial charge < -0.3 is 4.57 Å². The smallest absolute Gasteiger partial charge is 0.193 e. The molecule has 0 spiro atoms. The third-order valence-corrected chi connectivity index (χ3v) is 5.57. The first-order valence-electron chi connectivity index (χ1n) is 7.79. The molecular weight excluding hydrogens is 388 g/mol. The minimum absolute atomic E-state index is 0.838. The van der Waals surface area contributed by atoms with E-state index in [-0.39, 0.29) is 0 Å². The van der Waals surface area contributed by atoms with E-state index in [4.69, 9.17) is 0 Å². The van der Waals surface area contributed by atoms with E-state index in [0.717, 1.165) is 53.1 Å². The maximum absolute atomic E-state index is 4.39. The monoisotopic (exact) mass is 404 g/mol. The van der Waals surface area contributed by atoms with Crippen LogP contribution in [0.15, 0.2) is 52.6 Å². The fourth-order valence-electron chi connectivity index (χ4n) is 2.76. The molecule has 6 nitrogen and oxygen atoms in total. The molecule has 0 saturated heterocycles. The summed E-state index contributed by atoms with van der Waals surface area (Å²) in [6.07, 6.45) is 6.80. The van der Waals surface area contributed by atoms with Crippen LogP contribution in [-0.2, 0) is 13.2 Å². The predicted octanol–water partition coefficient (Wildman–Crippen LogP) is 3.32. The SMILES string of the molecule is Brc1ccc(-c2nnc3n2CN(CCCn2ccnc2)CS3)cc1. The molecule has 0 amide bonds. The molecule has 4 rings (SSSR count). The van der Waals surface area contributed by atoms with Gasteiger partial charge in [0.15, 0.2) is 11.0 Å². The van der Waals surface area contributed by atoms with Crippen molar-refractivity contribution in [2.24, 2.45) is 0 Å². The molecule has 1 aliphatic heterocycles. The van der Waals surface area contributed by atoms with Crippen molar-refractivity contribution in [1.29, 1.82) is 0 Å². The average Bonchev–Trinajstić information content (AvgIpc) is 3.25. The Morgan fingerprint density at radius 1 is 1.12 bits per heavy atom. The van der Waals surface area contributed by atoms with E-state index < -0.39 is 0 Å². The topological polar surface area (TPSA) is 51.8 Å². The molecule has 0 radical (unpaired) electrons. The van der Waals surface area contributed by atoms with Crippen LogP contribution >= 0.6 is 27.7 Å². The molecule has 0 fully saturated rings. The van der Waals surface area contributed by atoms with Gasteiger partial charge in [0.2, 0.25) is 0 Å². The van der Waals surface area contributed by atoms with Gasteiger partial charge in [0, 0.05) is 35.5 Å². The van der Waals surface area contributed by atoms with E-state index in [9.17, 15) is 0 Å². The van der Waals surface area contributed by atoms with Crippen LogP contribution in [0.3, 0.4) is 0 Å². The lowest BCUT2D eigenvalue weighted by molar-refractivity contribution is 0.233. The van der Waals surface area contributed by atoms with E-state index in [1.54, 1.807) is 11.8 Å². The predicted molar refractivity (Wildman–Crippen MR) is 97.4 cm³/mol. The summed E-state index contributed by atoms with van der Waals surface area (Å²) in [5, 5.41) is 9.73. The fraction of sp³-hybridized carbons (Fsp3) is 0.312. The number of aromatic nitrogens is 5. The van der Waals surface area contributed by atoms with Crippen molar-refractivity contribution >= 4 is 27.7 Å². The van der Waals surface area contributed by atoms with Crippen molar-refractivity contribution in [2.45, 2.75) is 24.8 Å². The summed E-state index contributed by atoms with van der Waals surface area (Å²) in [4.78, 5) is 6.51. The molecule has 0 bridgehead atoms. The summed E-state index contributed by atoms with van der Waals surface area (Å²) in [5.41, 5.74) is 1.10. The minimum Gasteiger partial charge on any atom is -0.337 e. The molecule has 1 aromatic carbocycles. The first kappa shape index (κ1) is 15.9. The highest BCUT2D eigenvalue weighted by molar-refractivity contribution is 9.10. The molecule has 2 aromatic heterocycles. The van der Waals surface area contributed by atoms with E-state index in [2.05, 4.69) is 57.3 Å². The van der Waals surface area contributed by atoms with E-state index in [0.29, 0.717) is 0 Å². The summed E-state index contributed by atoms with van der Waals surface area (Å²) in [6, 6.07) is 8.22. The van der Waals surface area contributed by atoms with Crippen LogP contribution in [0.5, 0.6) is 0 Å². The Balaban J connectivity index is 1.44. The number of hydrogen-bond acceptors (Lipinski definition) is 5. The van der Waals surface area contributed by atoms with Gasteiger partial charge in [0.1, 0.15) is 0 Å². The molecule has 0 unspecified atom stereocenters. The number of nitrogens with zero attached hydrogens (tertiary/aromatic N) is 6. The van der Waals surface area contributed by atoms with Gasteiger partial charge in [-0.25, -0.2) is 4.98 Å². The Kier molecular flexibility index (Phi) is 4.68. The Morgan fingerprint density at radius 2 is 2.00 bits per heavy atom. The molecule has 0 saturated carbocycles. The van der Waals surface area contributed by atoms with Crippen LogP contribution in [0, 0.1) is 0 Å². The van der Waals surface area contributed by atoms with Crippen LogP contribution < -0.4 is 0 Å². The van der Waals surface area contributed by atoms with Gasteiger partial charge in [0.25, 0.3) is 0 Å². The highest BCUT2D eigenvalue weighted by Gasteiger charge is 2.22. The van der Waals surface area contributed by atoms with Gasteiger partial charge in [-0.05, 0) is 18.6 Å². The Labute approximate surface area is 153 Å². The van der Waals surface area contributed by atoms with Crippen molar-refractivity contribution in [2.75, 3.05) is 12.4 Å². The molecular formula is C16H17BrN6S. The highest BCUT2D eigenvalue weighted by Crippen LogP contribution is 2.29. The summed E-state index contributed by atoms with van der Waals surface area (Å²) in [7, 11) is 0. The Morgan fingerprint density at radius 3 is 2.79 bits per heavy atom. The lowest BCUT2D eigenvalue weighted by Gasteiger charge is -2.27. The number of fused-ring (bicyclic) bond motifs is 1. The largest absolute Gasteiger partial charge is 0.337 e. The molecule has 3 heterocycles. The molecule has 1 aliphatic rings. The van der Waals surface area contributed by atoms with Crippen LogP contribution in [0.1, 0.15) is 6.42 Å². The quantitative estimate of drug-likeness (QED) is 0.652. The number of halogens is 1. The summed E-state index contributed by atoms with van der Waals surface area (Å²) in [5.74, 6) is 1.90. The zero-order valence-electron chi connectivity index (χ0n) is 13.0. The van der Waals surface area contributed by atoms with E-state index >= 15 is 0 Å². The lowest BCUT2D eigenvalue weighted by atomic mass is 10.2. The number of aryl methyl sites for hydroxylation is 1. The van der Waals surface area contributed by atoms with Crippen molar-refractivity contribution in [1.82, 2.24) is 29.2 Å². The van der Waals surface area contributed by atoms with Gasteiger partial charge >= 0.3 is 0 Å². The first-order valence-corrected chi connectivity index (χ1v) is 9.57. The maximum atomic E-state index is 4.39. The number of hydrogen-bond donors (Lipinski definition) is 0. The molecule has 24 heavy (non-hydrogen) atoms. The summed E-state index contributed by atoms with van der Waals surface area (Å²) < 4.78 is 5.39. The Hall–Kier alpha value is -1.64. The number of rotatable bonds is 5. The van der Waals surface area contributed by atoms with Gasteiger partial charge in [0.05, 0.1) is 18.9 Å². The van der Waals surface area contributed by atoms with Crippen LogP contribution in [0.4, 0.5) is 0 Å². The second-order valence-electron chi connectivity index (χ2n) is 5.70. The zero-order chi connectivity index (χ0) is 16.4. The molecule has 8 heteroatoms. The second-order valence-corrected chi connectivity index (χ2v) is 7.53. The lowest BCUT2D eigenvalue weighted by Crippen LogP contribution is -2.31. The molecule has 3 aromatic rings. The first-order chi connectivity index (χ1) is 11.8. The third-order valence-electron chi connectivity index (χ3n) is 3.99. The van der Waals surface area contributed by atoms with Crippen molar-refractivity contribution in [3.8, 4) is 11.4 Å². The fourth-order valence-corrected chi connectivity index (χ4v) is 3.93. The highest BCUT2D eigenvalue weighted by atomic mass is 79.9. The van der Waals surface area contributed by atoms with Crippen molar-refractivity contribution in [3.63, 3.8) is 0 Å². The maximum Gasteiger partial charge on any atom is 0.193 e. The van der Waals surface area contributed by atoms with E-state index in [1.165, 1.54) is 0 Å². The van der Waals surface area contributed by atoms with Gasteiger partial charge in [-0.2, -0.15) is 0 Å². The number of imidazole rings is 1. The average molecular weight is 405 g/mol. The van der Waals surface area contributed by atoms with E-state index in [1.807, 2.05) is 30.9 Å². The number of benzene rings is 1. The zero-order valence-corrected chi connectivity index (χ0v) is 15.4. The summed E-state index contributed by atoms with van der Waals surface area (Å²) >= 11 is 5.23. The number of thioether (sulfide) groups is 1. The third kappa shape index (κ3) is 3.40. The molecule has 0 aliphatic carbocycles. The van der Waals surface area contributed by atoms with Gasteiger partial charge in [-0.1, -0.05) is 39.8 Å². The van der Waals surface area contributed by atoms with Gasteiger partial charge in [-0.3, -0.25) is 9.47 Å². The molecule has 0 atom stereocenters. The van der Waals surface area contributed by atoms with Gasteiger partial charge in [-0.15, -0.1) is 10.2 Å². The molecule has 0 N–H and O–H groups in total. The normalized spacial score (nSPS) is 14.7. The van der Waals surface area contributed by atoms with Crippen LogP contribution in [0.25, 0.3) is 11.4 Å². The molecule has 124 valence electrons. The standard InChI is InChI=1S/C16H17BrN6S/c17-14-4-2-13(3-5-14)15-19-20-16-23(15)11-22(12-24-16)8-1-7-21-9-6-18-10-21/h2-6,9-10H,1,7-8,11-12H2. The minimum atomic E-state index is 0.838. The second kappa shape index (κ2) is 7.08.